The van der Waals surface area contributed by atoms with Gasteiger partial charge in [0.15, 0.2) is 0 Å². The molecule has 4 aromatic carbocycles. The van der Waals surface area contributed by atoms with E-state index in [1.807, 2.05) is 0 Å². The summed E-state index contributed by atoms with van der Waals surface area (Å²) in [5.41, 5.74) is 28.8. The lowest BCUT2D eigenvalue weighted by molar-refractivity contribution is 0.626. The first-order chi connectivity index (χ1) is 22.3. The fourth-order valence-electron chi connectivity index (χ4n) is 7.75. The third-order valence-electron chi connectivity index (χ3n) is 12.8. The van der Waals surface area contributed by atoms with Crippen LogP contribution in [-0.2, 0) is 0 Å². The van der Waals surface area contributed by atoms with E-state index in [0.29, 0.717) is 0 Å². The van der Waals surface area contributed by atoms with Crippen molar-refractivity contribution in [3.05, 3.63) is 112 Å². The molecular formula is C46H56O2. The number of rotatable bonds is 2. The molecule has 0 saturated heterocycles. The van der Waals surface area contributed by atoms with Crippen molar-refractivity contribution in [3.8, 4) is 22.6 Å². The van der Waals surface area contributed by atoms with E-state index in [1.54, 1.807) is 0 Å². The second-order valence-corrected chi connectivity index (χ2v) is 14.7. The fraction of sp³-hybridized carbons (Fsp3) is 0.391. The molecule has 252 valence electrons. The monoisotopic (exact) mass is 640 g/mol. The first kappa shape index (κ1) is 35.3. The molecule has 0 bridgehead atoms. The SMILES string of the molecule is Cc1c(C)c(C)c(-c2cc3c(C)c(C)c(C)c(C)c3o2)c(C)c1C.Cc1c(C)c(C)c(-c2cc3c(C)c(C)c(C)c(C)c3o2)c(C)c1C. The summed E-state index contributed by atoms with van der Waals surface area (Å²) in [7, 11) is 0. The van der Waals surface area contributed by atoms with Crippen molar-refractivity contribution in [1.29, 1.82) is 0 Å². The van der Waals surface area contributed by atoms with E-state index in [-0.39, 0.29) is 0 Å². The zero-order valence-electron chi connectivity index (χ0n) is 33.0. The summed E-state index contributed by atoms with van der Waals surface area (Å²) in [6.45, 7) is 39.7. The second-order valence-electron chi connectivity index (χ2n) is 14.7. The number of hydrogen-bond acceptors (Lipinski definition) is 2. The molecule has 0 unspecified atom stereocenters. The van der Waals surface area contributed by atoms with E-state index >= 15 is 0 Å². The Morgan fingerprint density at radius 3 is 0.729 bits per heavy atom. The van der Waals surface area contributed by atoms with Crippen molar-refractivity contribution in [2.24, 2.45) is 0 Å². The van der Waals surface area contributed by atoms with Gasteiger partial charge in [0.25, 0.3) is 0 Å². The number of aryl methyl sites for hydroxylation is 4. The van der Waals surface area contributed by atoms with Crippen LogP contribution in [0.15, 0.2) is 21.0 Å². The van der Waals surface area contributed by atoms with Crippen LogP contribution in [0.1, 0.15) is 100 Å². The fourth-order valence-corrected chi connectivity index (χ4v) is 7.75. The standard InChI is InChI=1S/2C23H28O/c2*1-11-13(3)17(7)22(18(8)14(11)4)21-10-20-16(6)12(2)15(5)19(9)23(20)24-21/h2*10H,1-9H3. The van der Waals surface area contributed by atoms with Crippen molar-refractivity contribution in [2.75, 3.05) is 0 Å². The first-order valence-electron chi connectivity index (χ1n) is 17.5. The predicted octanol–water partition coefficient (Wildman–Crippen LogP) is 13.8. The zero-order chi connectivity index (χ0) is 35.8. The molecule has 0 radical (unpaired) electrons. The average molecular weight is 641 g/mol. The van der Waals surface area contributed by atoms with E-state index in [0.717, 1.165) is 22.7 Å². The van der Waals surface area contributed by atoms with Crippen LogP contribution in [0, 0.1) is 125 Å². The Labute approximate surface area is 289 Å². The normalized spacial score (nSPS) is 11.5. The van der Waals surface area contributed by atoms with E-state index in [9.17, 15) is 0 Å². The van der Waals surface area contributed by atoms with Gasteiger partial charge in [0.1, 0.15) is 22.7 Å². The molecule has 48 heavy (non-hydrogen) atoms. The molecule has 2 heteroatoms. The molecule has 6 rings (SSSR count). The van der Waals surface area contributed by atoms with Gasteiger partial charge in [-0.25, -0.2) is 0 Å². The number of furan rings is 2. The molecule has 0 atom stereocenters. The molecule has 2 aromatic heterocycles. The Morgan fingerprint density at radius 2 is 0.458 bits per heavy atom. The summed E-state index contributed by atoms with van der Waals surface area (Å²) >= 11 is 0. The number of hydrogen-bond donors (Lipinski definition) is 0. The lowest BCUT2D eigenvalue weighted by Crippen LogP contribution is -1.98. The molecule has 0 aliphatic carbocycles. The molecule has 0 aliphatic heterocycles. The van der Waals surface area contributed by atoms with Gasteiger partial charge < -0.3 is 8.83 Å². The Bertz CT molecular complexity index is 1980. The predicted molar refractivity (Wildman–Crippen MR) is 209 cm³/mol. The van der Waals surface area contributed by atoms with Crippen molar-refractivity contribution in [1.82, 2.24) is 0 Å². The topological polar surface area (TPSA) is 26.3 Å². The molecule has 0 amide bonds. The average Bonchev–Trinajstić information content (AvgIpc) is 3.71. The van der Waals surface area contributed by atoms with Crippen LogP contribution in [0.2, 0.25) is 0 Å². The summed E-state index contributed by atoms with van der Waals surface area (Å²) in [6, 6.07) is 4.49. The second kappa shape index (κ2) is 12.4. The summed E-state index contributed by atoms with van der Waals surface area (Å²) in [4.78, 5) is 0. The Hall–Kier alpha value is -4.04. The maximum Gasteiger partial charge on any atom is 0.138 e. The minimum Gasteiger partial charge on any atom is -0.456 e. The van der Waals surface area contributed by atoms with Gasteiger partial charge in [-0.05, 0) is 237 Å². The van der Waals surface area contributed by atoms with Crippen LogP contribution in [0.5, 0.6) is 0 Å². The minimum absolute atomic E-state index is 1.00. The maximum absolute atomic E-state index is 6.41. The van der Waals surface area contributed by atoms with Gasteiger partial charge in [0.2, 0.25) is 0 Å². The molecule has 0 saturated carbocycles. The van der Waals surface area contributed by atoms with Crippen LogP contribution in [-0.4, -0.2) is 0 Å². The summed E-state index contributed by atoms with van der Waals surface area (Å²) in [5, 5.41) is 2.50. The lowest BCUT2D eigenvalue weighted by atomic mass is 9.88. The highest BCUT2D eigenvalue weighted by molar-refractivity contribution is 5.92. The first-order valence-corrected chi connectivity index (χ1v) is 17.5. The largest absolute Gasteiger partial charge is 0.456 e. The summed E-state index contributed by atoms with van der Waals surface area (Å²) in [5.74, 6) is 2.00. The van der Waals surface area contributed by atoms with Crippen LogP contribution in [0.25, 0.3) is 44.6 Å². The van der Waals surface area contributed by atoms with E-state index in [4.69, 9.17) is 8.83 Å². The molecule has 2 nitrogen and oxygen atoms in total. The number of benzene rings is 4. The molecule has 2 heterocycles. The Morgan fingerprint density at radius 1 is 0.250 bits per heavy atom. The van der Waals surface area contributed by atoms with Gasteiger partial charge in [0, 0.05) is 21.9 Å². The highest BCUT2D eigenvalue weighted by Crippen LogP contribution is 2.41. The maximum atomic E-state index is 6.41. The van der Waals surface area contributed by atoms with E-state index < -0.39 is 0 Å². The number of fused-ring (bicyclic) bond motifs is 2. The van der Waals surface area contributed by atoms with Gasteiger partial charge >= 0.3 is 0 Å². The highest BCUT2D eigenvalue weighted by Gasteiger charge is 2.21. The third kappa shape index (κ3) is 5.24. The molecule has 0 spiro atoms. The van der Waals surface area contributed by atoms with Crippen LogP contribution in [0.3, 0.4) is 0 Å². The van der Waals surface area contributed by atoms with Crippen molar-refractivity contribution < 1.29 is 8.83 Å². The van der Waals surface area contributed by atoms with Gasteiger partial charge in [0.05, 0.1) is 0 Å². The molecule has 0 fully saturated rings. The van der Waals surface area contributed by atoms with E-state index in [1.165, 1.54) is 122 Å². The highest BCUT2D eigenvalue weighted by atomic mass is 16.3. The van der Waals surface area contributed by atoms with Gasteiger partial charge in [-0.2, -0.15) is 0 Å². The van der Waals surface area contributed by atoms with Gasteiger partial charge in [-0.1, -0.05) is 0 Å². The smallest absolute Gasteiger partial charge is 0.138 e. The van der Waals surface area contributed by atoms with Crippen molar-refractivity contribution >= 4 is 21.9 Å². The van der Waals surface area contributed by atoms with E-state index in [2.05, 4.69) is 137 Å². The van der Waals surface area contributed by atoms with Crippen LogP contribution in [0.4, 0.5) is 0 Å². The lowest BCUT2D eigenvalue weighted by Gasteiger charge is -2.17. The van der Waals surface area contributed by atoms with Crippen LogP contribution >= 0.6 is 0 Å². The minimum atomic E-state index is 1.00. The molecule has 0 N–H and O–H groups in total. The molecule has 6 aromatic rings. The Kier molecular flexibility index (Phi) is 9.14. The zero-order valence-corrected chi connectivity index (χ0v) is 33.0. The summed E-state index contributed by atoms with van der Waals surface area (Å²) < 4.78 is 12.8. The Balaban J connectivity index is 0.000000188. The van der Waals surface area contributed by atoms with Crippen molar-refractivity contribution in [2.45, 2.75) is 125 Å². The van der Waals surface area contributed by atoms with Crippen LogP contribution < -0.4 is 0 Å². The van der Waals surface area contributed by atoms with Gasteiger partial charge in [-0.3, -0.25) is 0 Å². The van der Waals surface area contributed by atoms with Crippen molar-refractivity contribution in [3.63, 3.8) is 0 Å². The van der Waals surface area contributed by atoms with Gasteiger partial charge in [-0.15, -0.1) is 0 Å². The quantitative estimate of drug-likeness (QED) is 0.188. The molecular weight excluding hydrogens is 585 g/mol. The summed E-state index contributed by atoms with van der Waals surface area (Å²) in [6.07, 6.45) is 0. The molecule has 0 aliphatic rings. The third-order valence-corrected chi connectivity index (χ3v) is 12.8.